The number of aliphatic hydroxyl groups is 1. The topological polar surface area (TPSA) is 69.6 Å². The van der Waals surface area contributed by atoms with E-state index in [-0.39, 0.29) is 11.3 Å². The van der Waals surface area contributed by atoms with Gasteiger partial charge in [-0.3, -0.25) is 4.79 Å². The predicted octanol–water partition coefficient (Wildman–Crippen LogP) is 1.58. The molecule has 4 nitrogen and oxygen atoms in total. The lowest BCUT2D eigenvalue weighted by atomic mass is 9.87. The molecule has 0 aromatic heterocycles. The van der Waals surface area contributed by atoms with E-state index in [1.807, 2.05) is 0 Å². The van der Waals surface area contributed by atoms with Crippen molar-refractivity contribution in [3.8, 4) is 5.75 Å². The summed E-state index contributed by atoms with van der Waals surface area (Å²) in [6.45, 7) is 0. The van der Waals surface area contributed by atoms with Crippen LogP contribution in [-0.2, 0) is 10.4 Å². The second-order valence-electron chi connectivity index (χ2n) is 4.23. The molecule has 1 aliphatic heterocycles. The van der Waals surface area contributed by atoms with E-state index in [0.29, 0.717) is 11.3 Å². The van der Waals surface area contributed by atoms with Crippen molar-refractivity contribution in [3.63, 3.8) is 0 Å². The molecule has 90 valence electrons. The summed E-state index contributed by atoms with van der Waals surface area (Å²) < 4.78 is 0. The molecular weight excluding hydrogens is 230 g/mol. The first-order valence-corrected chi connectivity index (χ1v) is 5.56. The number of carbonyl (C=O) groups is 1. The summed E-state index contributed by atoms with van der Waals surface area (Å²) in [5.74, 6) is -0.656. The minimum absolute atomic E-state index is 0.105. The molecular formula is C14H11NO3. The quantitative estimate of drug-likeness (QED) is 0.710. The molecule has 0 radical (unpaired) electrons. The molecule has 0 unspecified atom stereocenters. The summed E-state index contributed by atoms with van der Waals surface area (Å²) in [5.41, 5.74) is -0.626. The van der Waals surface area contributed by atoms with Crippen LogP contribution < -0.4 is 5.32 Å². The molecule has 0 spiro atoms. The van der Waals surface area contributed by atoms with Gasteiger partial charge in [-0.15, -0.1) is 0 Å². The third kappa shape index (κ3) is 1.26. The Bertz CT molecular complexity index is 638. The van der Waals surface area contributed by atoms with Gasteiger partial charge in [0.25, 0.3) is 5.91 Å². The molecule has 0 aliphatic carbocycles. The molecule has 2 aromatic rings. The van der Waals surface area contributed by atoms with Crippen LogP contribution in [-0.4, -0.2) is 16.1 Å². The molecule has 1 atom stereocenters. The highest BCUT2D eigenvalue weighted by Crippen LogP contribution is 2.43. The Morgan fingerprint density at radius 1 is 0.944 bits per heavy atom. The molecule has 0 bridgehead atoms. The average Bonchev–Trinajstić information content (AvgIpc) is 2.63. The van der Waals surface area contributed by atoms with E-state index in [0.717, 1.165) is 0 Å². The number of rotatable bonds is 1. The lowest BCUT2D eigenvalue weighted by Gasteiger charge is -2.22. The lowest BCUT2D eigenvalue weighted by molar-refractivity contribution is -0.129. The molecule has 0 saturated heterocycles. The molecule has 0 saturated carbocycles. The summed E-state index contributed by atoms with van der Waals surface area (Å²) in [5, 5.41) is 23.1. The fourth-order valence-electron chi connectivity index (χ4n) is 2.29. The van der Waals surface area contributed by atoms with Crippen molar-refractivity contribution in [3.05, 3.63) is 59.7 Å². The van der Waals surface area contributed by atoms with E-state index in [2.05, 4.69) is 5.32 Å². The van der Waals surface area contributed by atoms with Crippen LogP contribution in [0.5, 0.6) is 5.75 Å². The van der Waals surface area contributed by atoms with Crippen molar-refractivity contribution in [2.24, 2.45) is 0 Å². The van der Waals surface area contributed by atoms with Gasteiger partial charge in [0.05, 0.1) is 0 Å². The minimum atomic E-state index is -1.83. The number of fused-ring (bicyclic) bond motifs is 1. The number of phenols is 1. The predicted molar refractivity (Wildman–Crippen MR) is 66.2 cm³/mol. The summed E-state index contributed by atoms with van der Waals surface area (Å²) in [7, 11) is 0. The van der Waals surface area contributed by atoms with Crippen LogP contribution in [0.2, 0.25) is 0 Å². The van der Waals surface area contributed by atoms with Gasteiger partial charge in [0.2, 0.25) is 0 Å². The first-order valence-electron chi connectivity index (χ1n) is 5.56. The molecule has 0 fully saturated rings. The molecule has 4 heteroatoms. The van der Waals surface area contributed by atoms with E-state index in [1.165, 1.54) is 12.1 Å². The van der Waals surface area contributed by atoms with E-state index >= 15 is 0 Å². The van der Waals surface area contributed by atoms with Crippen molar-refractivity contribution in [2.45, 2.75) is 5.60 Å². The van der Waals surface area contributed by atoms with Crippen LogP contribution in [0.4, 0.5) is 5.69 Å². The van der Waals surface area contributed by atoms with Crippen molar-refractivity contribution >= 4 is 11.6 Å². The zero-order chi connectivity index (χ0) is 12.8. The lowest BCUT2D eigenvalue weighted by Crippen LogP contribution is -2.35. The summed E-state index contributed by atoms with van der Waals surface area (Å²) in [6.07, 6.45) is 0. The Morgan fingerprint density at radius 2 is 1.56 bits per heavy atom. The number of para-hydroxylation sites is 2. The molecule has 1 amide bonds. The Labute approximate surface area is 104 Å². The van der Waals surface area contributed by atoms with Gasteiger partial charge in [-0.25, -0.2) is 0 Å². The van der Waals surface area contributed by atoms with Gasteiger partial charge in [0, 0.05) is 16.8 Å². The van der Waals surface area contributed by atoms with Gasteiger partial charge in [-0.05, 0) is 12.1 Å². The van der Waals surface area contributed by atoms with Crippen LogP contribution in [0, 0.1) is 0 Å². The molecule has 2 aromatic carbocycles. The number of anilines is 1. The Kier molecular flexibility index (Phi) is 2.15. The van der Waals surface area contributed by atoms with Crippen molar-refractivity contribution in [2.75, 3.05) is 5.32 Å². The number of aromatic hydroxyl groups is 1. The molecule has 3 rings (SSSR count). The van der Waals surface area contributed by atoms with Crippen molar-refractivity contribution in [1.29, 1.82) is 0 Å². The maximum atomic E-state index is 12.0. The highest BCUT2D eigenvalue weighted by Gasteiger charge is 2.47. The highest BCUT2D eigenvalue weighted by molar-refractivity contribution is 6.07. The first-order chi connectivity index (χ1) is 8.64. The Morgan fingerprint density at radius 3 is 2.28 bits per heavy atom. The largest absolute Gasteiger partial charge is 0.508 e. The second kappa shape index (κ2) is 3.58. The number of benzene rings is 2. The van der Waals surface area contributed by atoms with Gasteiger partial charge in [-0.2, -0.15) is 0 Å². The van der Waals surface area contributed by atoms with Crippen molar-refractivity contribution in [1.82, 2.24) is 0 Å². The van der Waals surface area contributed by atoms with Gasteiger partial charge in [-0.1, -0.05) is 36.4 Å². The maximum absolute atomic E-state index is 12.0. The standard InChI is InChI=1S/C14H11NO3/c16-12-8-4-2-6-10(12)14(18)9-5-1-3-7-11(9)15-13(14)17/h1-8,16,18H,(H,15,17)/t14-/m1/s1. The summed E-state index contributed by atoms with van der Waals surface area (Å²) in [6, 6.07) is 13.2. The van der Waals surface area contributed by atoms with Gasteiger partial charge < -0.3 is 15.5 Å². The number of hydrogen-bond acceptors (Lipinski definition) is 3. The molecule has 1 heterocycles. The molecule has 18 heavy (non-hydrogen) atoms. The maximum Gasteiger partial charge on any atom is 0.266 e. The molecule has 1 aliphatic rings. The van der Waals surface area contributed by atoms with Crippen LogP contribution >= 0.6 is 0 Å². The Balaban J connectivity index is 2.27. The van der Waals surface area contributed by atoms with Crippen LogP contribution in [0.1, 0.15) is 11.1 Å². The monoisotopic (exact) mass is 241 g/mol. The normalized spacial score (nSPS) is 21.5. The second-order valence-corrected chi connectivity index (χ2v) is 4.23. The van der Waals surface area contributed by atoms with Gasteiger partial charge in [0.1, 0.15) is 5.75 Å². The van der Waals surface area contributed by atoms with Gasteiger partial charge in [0.15, 0.2) is 5.60 Å². The summed E-state index contributed by atoms with van der Waals surface area (Å²) >= 11 is 0. The number of hydrogen-bond donors (Lipinski definition) is 3. The average molecular weight is 241 g/mol. The zero-order valence-corrected chi connectivity index (χ0v) is 9.42. The van der Waals surface area contributed by atoms with Crippen LogP contribution in [0.15, 0.2) is 48.5 Å². The number of amides is 1. The fourth-order valence-corrected chi connectivity index (χ4v) is 2.29. The fraction of sp³-hybridized carbons (Fsp3) is 0.0714. The number of nitrogens with one attached hydrogen (secondary N) is 1. The molecule has 3 N–H and O–H groups in total. The van der Waals surface area contributed by atoms with E-state index < -0.39 is 11.5 Å². The highest BCUT2D eigenvalue weighted by atomic mass is 16.3. The van der Waals surface area contributed by atoms with Gasteiger partial charge >= 0.3 is 0 Å². The summed E-state index contributed by atoms with van der Waals surface area (Å²) in [4.78, 5) is 12.0. The third-order valence-electron chi connectivity index (χ3n) is 3.19. The smallest absolute Gasteiger partial charge is 0.266 e. The van der Waals surface area contributed by atoms with E-state index in [1.54, 1.807) is 36.4 Å². The third-order valence-corrected chi connectivity index (χ3v) is 3.19. The zero-order valence-electron chi connectivity index (χ0n) is 9.42. The van der Waals surface area contributed by atoms with Crippen molar-refractivity contribution < 1.29 is 15.0 Å². The van der Waals surface area contributed by atoms with E-state index in [9.17, 15) is 15.0 Å². The van der Waals surface area contributed by atoms with Crippen LogP contribution in [0.3, 0.4) is 0 Å². The number of carbonyl (C=O) groups excluding carboxylic acids is 1. The van der Waals surface area contributed by atoms with E-state index in [4.69, 9.17) is 0 Å². The number of phenolic OH excluding ortho intramolecular Hbond substituents is 1. The first kappa shape index (κ1) is 10.8. The van der Waals surface area contributed by atoms with Crippen LogP contribution in [0.25, 0.3) is 0 Å². The SMILES string of the molecule is O=C1Nc2ccccc2[C@@]1(O)c1ccccc1O. The Hall–Kier alpha value is -2.33. The minimum Gasteiger partial charge on any atom is -0.508 e.